The number of likely N-dealkylation sites (N-methyl/N-ethyl adjacent to an activating group) is 1. The average molecular weight is 310 g/mol. The van der Waals surface area contributed by atoms with E-state index in [1.807, 2.05) is 55.7 Å². The Kier molecular flexibility index (Phi) is 5.52. The molecule has 0 aliphatic heterocycles. The lowest BCUT2D eigenvalue weighted by Crippen LogP contribution is -2.30. The molecule has 3 nitrogen and oxygen atoms in total. The van der Waals surface area contributed by atoms with Gasteiger partial charge in [0.1, 0.15) is 0 Å². The van der Waals surface area contributed by atoms with Gasteiger partial charge in [-0.05, 0) is 38.2 Å². The third kappa shape index (κ3) is 4.27. The molecule has 0 fully saturated rings. The number of aryl methyl sites for hydroxylation is 2. The number of nitrogens with one attached hydrogen (secondary N) is 1. The molecule has 5 heteroatoms. The lowest BCUT2D eigenvalue weighted by atomic mass is 10.2. The number of nitrogens with zero attached hydrogens (tertiary/aromatic N) is 2. The number of thioether (sulfide) groups is 1. The number of hydrogen-bond donors (Lipinski definition) is 1. The predicted molar refractivity (Wildman–Crippen MR) is 86.7 cm³/mol. The van der Waals surface area contributed by atoms with Gasteiger partial charge in [0.05, 0.1) is 5.69 Å². The van der Waals surface area contributed by atoms with E-state index >= 15 is 0 Å². The first kappa shape index (κ1) is 15.4. The zero-order valence-electron chi connectivity index (χ0n) is 12.1. The molecule has 0 aliphatic rings. The van der Waals surface area contributed by atoms with Crippen molar-refractivity contribution in [2.45, 2.75) is 24.3 Å². The topological polar surface area (TPSA) is 29.9 Å². The van der Waals surface area contributed by atoms with Crippen molar-refractivity contribution >= 4 is 23.4 Å². The lowest BCUT2D eigenvalue weighted by Gasteiger charge is -2.16. The Balaban J connectivity index is 1.94. The van der Waals surface area contributed by atoms with Crippen molar-refractivity contribution in [2.24, 2.45) is 7.05 Å². The summed E-state index contributed by atoms with van der Waals surface area (Å²) in [5, 5.41) is 8.56. The standard InChI is InChI=1S/C15H20ClN3S/c1-11-7-14(19(3)18-11)9-13(17-2)10-20-15-6-4-5-12(16)8-15/h4-8,13,17H,9-10H2,1-3H3. The van der Waals surface area contributed by atoms with Crippen LogP contribution in [-0.4, -0.2) is 28.6 Å². The van der Waals surface area contributed by atoms with Crippen LogP contribution in [0.15, 0.2) is 35.2 Å². The van der Waals surface area contributed by atoms with Crippen molar-refractivity contribution in [3.8, 4) is 0 Å². The fourth-order valence-electron chi connectivity index (χ4n) is 2.11. The highest BCUT2D eigenvalue weighted by atomic mass is 35.5. The van der Waals surface area contributed by atoms with E-state index in [1.165, 1.54) is 10.6 Å². The summed E-state index contributed by atoms with van der Waals surface area (Å²) in [6, 6.07) is 10.6. The highest BCUT2D eigenvalue weighted by molar-refractivity contribution is 7.99. The van der Waals surface area contributed by atoms with Gasteiger partial charge < -0.3 is 5.32 Å². The number of hydrogen-bond acceptors (Lipinski definition) is 3. The van der Waals surface area contributed by atoms with E-state index in [1.54, 1.807) is 0 Å². The molecule has 0 saturated heterocycles. The minimum absolute atomic E-state index is 0.411. The van der Waals surface area contributed by atoms with Crippen LogP contribution in [0.1, 0.15) is 11.4 Å². The molecule has 2 aromatic rings. The van der Waals surface area contributed by atoms with Crippen molar-refractivity contribution in [3.63, 3.8) is 0 Å². The first-order valence-corrected chi connectivity index (χ1v) is 8.00. The first-order chi connectivity index (χ1) is 9.58. The second-order valence-electron chi connectivity index (χ2n) is 4.86. The minimum atomic E-state index is 0.411. The zero-order valence-corrected chi connectivity index (χ0v) is 13.6. The van der Waals surface area contributed by atoms with Crippen LogP contribution >= 0.6 is 23.4 Å². The Labute approximate surface area is 129 Å². The van der Waals surface area contributed by atoms with Gasteiger partial charge in [-0.3, -0.25) is 4.68 Å². The summed E-state index contributed by atoms with van der Waals surface area (Å²) in [5.74, 6) is 1.00. The van der Waals surface area contributed by atoms with Crippen LogP contribution in [0, 0.1) is 6.92 Å². The summed E-state index contributed by atoms with van der Waals surface area (Å²) < 4.78 is 1.96. The number of aromatic nitrogens is 2. The Morgan fingerprint density at radius 1 is 1.40 bits per heavy atom. The van der Waals surface area contributed by atoms with Crippen molar-refractivity contribution in [1.29, 1.82) is 0 Å². The normalized spacial score (nSPS) is 12.6. The highest BCUT2D eigenvalue weighted by Crippen LogP contribution is 2.23. The smallest absolute Gasteiger partial charge is 0.0596 e. The molecule has 0 bridgehead atoms. The zero-order chi connectivity index (χ0) is 14.5. The molecule has 1 heterocycles. The number of rotatable bonds is 6. The van der Waals surface area contributed by atoms with Gasteiger partial charge in [0, 0.05) is 40.9 Å². The van der Waals surface area contributed by atoms with E-state index in [4.69, 9.17) is 11.6 Å². The fourth-order valence-corrected chi connectivity index (χ4v) is 3.42. The maximum absolute atomic E-state index is 6.01. The first-order valence-electron chi connectivity index (χ1n) is 6.63. The van der Waals surface area contributed by atoms with Gasteiger partial charge >= 0.3 is 0 Å². The molecule has 1 aromatic carbocycles. The average Bonchev–Trinajstić information content (AvgIpc) is 2.72. The van der Waals surface area contributed by atoms with Crippen LogP contribution in [0.2, 0.25) is 5.02 Å². The fraction of sp³-hybridized carbons (Fsp3) is 0.400. The van der Waals surface area contributed by atoms with Crippen LogP contribution in [-0.2, 0) is 13.5 Å². The van der Waals surface area contributed by atoms with E-state index in [-0.39, 0.29) is 0 Å². The molecule has 0 saturated carbocycles. The number of benzene rings is 1. The lowest BCUT2D eigenvalue weighted by molar-refractivity contribution is 0.582. The van der Waals surface area contributed by atoms with Crippen molar-refractivity contribution in [3.05, 3.63) is 46.7 Å². The molecule has 2 rings (SSSR count). The molecule has 0 radical (unpaired) electrons. The summed E-state index contributed by atoms with van der Waals surface area (Å²) in [4.78, 5) is 1.21. The molecular formula is C15H20ClN3S. The Morgan fingerprint density at radius 3 is 2.80 bits per heavy atom. The molecule has 0 aliphatic carbocycles. The molecule has 1 N–H and O–H groups in total. The summed E-state index contributed by atoms with van der Waals surface area (Å²) >= 11 is 7.83. The maximum atomic E-state index is 6.01. The Hall–Kier alpha value is -0.970. The van der Waals surface area contributed by atoms with Crippen LogP contribution < -0.4 is 5.32 Å². The van der Waals surface area contributed by atoms with E-state index < -0.39 is 0 Å². The van der Waals surface area contributed by atoms with Gasteiger partial charge in [-0.2, -0.15) is 5.10 Å². The largest absolute Gasteiger partial charge is 0.316 e. The molecule has 108 valence electrons. The quantitative estimate of drug-likeness (QED) is 0.830. The van der Waals surface area contributed by atoms with E-state index in [0.29, 0.717) is 6.04 Å². The van der Waals surface area contributed by atoms with Gasteiger partial charge in [0.15, 0.2) is 0 Å². The van der Waals surface area contributed by atoms with Crippen molar-refractivity contribution < 1.29 is 0 Å². The molecule has 0 spiro atoms. The SMILES string of the molecule is CNC(CSc1cccc(Cl)c1)Cc1cc(C)nn1C. The third-order valence-corrected chi connectivity index (χ3v) is 4.60. The molecular weight excluding hydrogens is 290 g/mol. The number of halogens is 1. The van der Waals surface area contributed by atoms with Crippen LogP contribution in [0.3, 0.4) is 0 Å². The third-order valence-electron chi connectivity index (χ3n) is 3.21. The summed E-state index contributed by atoms with van der Waals surface area (Å²) in [6.45, 7) is 2.03. The molecule has 0 amide bonds. The summed E-state index contributed by atoms with van der Waals surface area (Å²) in [6.07, 6.45) is 0.974. The van der Waals surface area contributed by atoms with E-state index in [0.717, 1.165) is 22.9 Å². The molecule has 1 unspecified atom stereocenters. The Morgan fingerprint density at radius 2 is 2.20 bits per heavy atom. The van der Waals surface area contributed by atoms with Gasteiger partial charge in [-0.25, -0.2) is 0 Å². The minimum Gasteiger partial charge on any atom is -0.316 e. The summed E-state index contributed by atoms with van der Waals surface area (Å²) in [5.41, 5.74) is 2.33. The van der Waals surface area contributed by atoms with Crippen LogP contribution in [0.25, 0.3) is 0 Å². The van der Waals surface area contributed by atoms with Crippen LogP contribution in [0.4, 0.5) is 0 Å². The van der Waals surface area contributed by atoms with E-state index in [2.05, 4.69) is 22.5 Å². The van der Waals surface area contributed by atoms with E-state index in [9.17, 15) is 0 Å². The van der Waals surface area contributed by atoms with Crippen molar-refractivity contribution in [2.75, 3.05) is 12.8 Å². The van der Waals surface area contributed by atoms with Crippen LogP contribution in [0.5, 0.6) is 0 Å². The molecule has 1 aromatic heterocycles. The molecule has 1 atom stereocenters. The van der Waals surface area contributed by atoms with Gasteiger partial charge in [0.2, 0.25) is 0 Å². The van der Waals surface area contributed by atoms with Gasteiger partial charge in [-0.1, -0.05) is 17.7 Å². The van der Waals surface area contributed by atoms with Gasteiger partial charge in [-0.15, -0.1) is 11.8 Å². The summed E-state index contributed by atoms with van der Waals surface area (Å²) in [7, 11) is 4.01. The molecule has 20 heavy (non-hydrogen) atoms. The van der Waals surface area contributed by atoms with Gasteiger partial charge in [0.25, 0.3) is 0 Å². The second-order valence-corrected chi connectivity index (χ2v) is 6.39. The predicted octanol–water partition coefficient (Wildman–Crippen LogP) is 3.30. The van der Waals surface area contributed by atoms with Crippen molar-refractivity contribution in [1.82, 2.24) is 15.1 Å². The monoisotopic (exact) mass is 309 g/mol. The second kappa shape index (κ2) is 7.16. The maximum Gasteiger partial charge on any atom is 0.0596 e. The highest BCUT2D eigenvalue weighted by Gasteiger charge is 2.11. The Bertz CT molecular complexity index is 568.